The predicted molar refractivity (Wildman–Crippen MR) is 260 cm³/mol. The number of fused-ring (bicyclic) bond motifs is 8. The van der Waals surface area contributed by atoms with Crippen LogP contribution in [-0.4, -0.2) is 0 Å². The van der Waals surface area contributed by atoms with Gasteiger partial charge in [0, 0.05) is 37.2 Å². The Morgan fingerprint density at radius 3 is 1.58 bits per heavy atom. The van der Waals surface area contributed by atoms with E-state index in [1.54, 1.807) is 0 Å². The Labute approximate surface area is 352 Å². The smallest absolute Gasteiger partial charge is 0.0476 e. The van der Waals surface area contributed by atoms with Crippen molar-refractivity contribution in [2.75, 3.05) is 4.90 Å². The number of anilines is 3. The molecule has 0 atom stereocenters. The third-order valence-corrected chi connectivity index (χ3v) is 13.4. The molecule has 0 aliphatic heterocycles. The monoisotopic (exact) mass is 779 g/mol. The Kier molecular flexibility index (Phi) is 8.11. The van der Waals surface area contributed by atoms with Crippen molar-refractivity contribution < 1.29 is 0 Å². The lowest BCUT2D eigenvalue weighted by molar-refractivity contribution is 1.30. The highest BCUT2D eigenvalue weighted by molar-refractivity contribution is 7.26. The van der Waals surface area contributed by atoms with Crippen LogP contribution in [0.25, 0.3) is 96.6 Å². The van der Waals surface area contributed by atoms with Gasteiger partial charge in [-0.15, -0.1) is 11.3 Å². The molecule has 0 unspecified atom stereocenters. The molecule has 0 fully saturated rings. The summed E-state index contributed by atoms with van der Waals surface area (Å²) >= 11 is 1.89. The molecule has 0 aliphatic rings. The van der Waals surface area contributed by atoms with Gasteiger partial charge < -0.3 is 4.90 Å². The Bertz CT molecular complexity index is 3590. The van der Waals surface area contributed by atoms with Gasteiger partial charge in [0.15, 0.2) is 0 Å². The van der Waals surface area contributed by atoms with Gasteiger partial charge >= 0.3 is 0 Å². The highest BCUT2D eigenvalue weighted by Crippen LogP contribution is 2.44. The molecule has 1 aromatic heterocycles. The maximum Gasteiger partial charge on any atom is 0.0476 e. The van der Waals surface area contributed by atoms with E-state index >= 15 is 0 Å². The fourth-order valence-electron chi connectivity index (χ4n) is 9.23. The molecule has 0 saturated heterocycles. The van der Waals surface area contributed by atoms with E-state index in [4.69, 9.17) is 0 Å². The molecule has 12 rings (SSSR count). The summed E-state index contributed by atoms with van der Waals surface area (Å²) in [6, 6.07) is 82.5. The third-order valence-electron chi connectivity index (χ3n) is 12.2. The fourth-order valence-corrected chi connectivity index (χ4v) is 10.5. The van der Waals surface area contributed by atoms with Crippen molar-refractivity contribution in [1.29, 1.82) is 0 Å². The summed E-state index contributed by atoms with van der Waals surface area (Å²) in [5.41, 5.74) is 10.7. The van der Waals surface area contributed by atoms with Gasteiger partial charge in [0.25, 0.3) is 0 Å². The lowest BCUT2D eigenvalue weighted by Gasteiger charge is -2.26. The first-order valence-electron chi connectivity index (χ1n) is 20.6. The molecule has 1 heterocycles. The number of hydrogen-bond acceptors (Lipinski definition) is 2. The molecular formula is C58H37NS. The molecule has 0 radical (unpaired) electrons. The highest BCUT2D eigenvalue weighted by Gasteiger charge is 2.18. The minimum absolute atomic E-state index is 1.11. The molecule has 280 valence electrons. The summed E-state index contributed by atoms with van der Waals surface area (Å²) in [5, 5.41) is 12.7. The van der Waals surface area contributed by atoms with Crippen LogP contribution in [0.1, 0.15) is 0 Å². The van der Waals surface area contributed by atoms with Crippen LogP contribution in [0.5, 0.6) is 0 Å². The predicted octanol–water partition coefficient (Wildman–Crippen LogP) is 17.1. The van der Waals surface area contributed by atoms with Crippen LogP contribution in [0.4, 0.5) is 17.1 Å². The van der Waals surface area contributed by atoms with Gasteiger partial charge in [-0.25, -0.2) is 0 Å². The van der Waals surface area contributed by atoms with Gasteiger partial charge in [-0.2, -0.15) is 0 Å². The van der Waals surface area contributed by atoms with E-state index < -0.39 is 0 Å². The number of rotatable bonds is 6. The largest absolute Gasteiger partial charge is 0.310 e. The van der Waals surface area contributed by atoms with Crippen molar-refractivity contribution in [3.63, 3.8) is 0 Å². The van der Waals surface area contributed by atoms with E-state index in [-0.39, 0.29) is 0 Å². The highest BCUT2D eigenvalue weighted by atomic mass is 32.1. The van der Waals surface area contributed by atoms with Crippen molar-refractivity contribution in [3.05, 3.63) is 224 Å². The van der Waals surface area contributed by atoms with Crippen molar-refractivity contribution in [1.82, 2.24) is 0 Å². The molecule has 1 nitrogen and oxygen atoms in total. The van der Waals surface area contributed by atoms with Crippen LogP contribution < -0.4 is 4.90 Å². The molecule has 0 N–H and O–H groups in total. The van der Waals surface area contributed by atoms with E-state index in [1.165, 1.54) is 96.6 Å². The fraction of sp³-hybridized carbons (Fsp3) is 0. The Morgan fingerprint density at radius 2 is 0.800 bits per heavy atom. The molecule has 60 heavy (non-hydrogen) atoms. The average Bonchev–Trinajstić information content (AvgIpc) is 3.70. The summed E-state index contributed by atoms with van der Waals surface area (Å²) in [7, 11) is 0. The Balaban J connectivity index is 0.991. The maximum atomic E-state index is 2.42. The molecule has 0 spiro atoms. The lowest BCUT2D eigenvalue weighted by atomic mass is 9.91. The summed E-state index contributed by atoms with van der Waals surface area (Å²) in [4.78, 5) is 2.42. The second-order valence-corrected chi connectivity index (χ2v) is 16.8. The van der Waals surface area contributed by atoms with Crippen molar-refractivity contribution in [3.8, 4) is 33.4 Å². The van der Waals surface area contributed by atoms with Crippen molar-refractivity contribution in [2.24, 2.45) is 0 Å². The van der Waals surface area contributed by atoms with Crippen LogP contribution in [0.15, 0.2) is 224 Å². The molecule has 11 aromatic carbocycles. The lowest BCUT2D eigenvalue weighted by Crippen LogP contribution is -2.09. The Morgan fingerprint density at radius 1 is 0.283 bits per heavy atom. The van der Waals surface area contributed by atoms with E-state index in [2.05, 4.69) is 229 Å². The summed E-state index contributed by atoms with van der Waals surface area (Å²) in [5.74, 6) is 0. The van der Waals surface area contributed by atoms with Gasteiger partial charge in [-0.3, -0.25) is 0 Å². The SMILES string of the molecule is c1ccc(-c2cccc3cccc(-c4ccc(N(c5ccc6cc(-c7ccc8ccccc8c7)ccc6c5)c5ccc6c(c5)sc5c7ccccc7ccc65)cc4)c23)cc1. The van der Waals surface area contributed by atoms with Crippen LogP contribution in [0.3, 0.4) is 0 Å². The van der Waals surface area contributed by atoms with Gasteiger partial charge in [-0.1, -0.05) is 176 Å². The van der Waals surface area contributed by atoms with Gasteiger partial charge in [-0.05, 0) is 125 Å². The van der Waals surface area contributed by atoms with Crippen LogP contribution in [0.2, 0.25) is 0 Å². The number of thiophene rings is 1. The minimum atomic E-state index is 1.11. The van der Waals surface area contributed by atoms with E-state index in [0.717, 1.165) is 17.1 Å². The third kappa shape index (κ3) is 5.84. The van der Waals surface area contributed by atoms with E-state index in [0.29, 0.717) is 0 Å². The van der Waals surface area contributed by atoms with Gasteiger partial charge in [0.05, 0.1) is 0 Å². The molecule has 2 heteroatoms. The normalized spacial score (nSPS) is 11.7. The first kappa shape index (κ1) is 34.5. The summed E-state index contributed by atoms with van der Waals surface area (Å²) in [6.45, 7) is 0. The molecule has 12 aromatic rings. The Hall–Kier alpha value is -7.52. The summed E-state index contributed by atoms with van der Waals surface area (Å²) in [6.07, 6.45) is 0. The molecule has 0 bridgehead atoms. The number of hydrogen-bond donors (Lipinski definition) is 0. The van der Waals surface area contributed by atoms with Crippen LogP contribution >= 0.6 is 11.3 Å². The molecular weight excluding hydrogens is 743 g/mol. The van der Waals surface area contributed by atoms with Crippen LogP contribution in [-0.2, 0) is 0 Å². The standard InChI is InChI=1S/C58H37NS/c1-2-11-39(12-3-1)51-18-8-15-42-16-9-19-52(57(42)51)41-24-28-48(29-25-41)59(50-31-33-54-55-32-27-40-13-6-7-17-53(40)58(55)60-56(54)37-50)49-30-26-46-35-45(22-23-47(46)36-49)44-21-20-38-10-4-5-14-43(38)34-44/h1-37H. The van der Waals surface area contributed by atoms with Crippen molar-refractivity contribution >= 4 is 91.7 Å². The van der Waals surface area contributed by atoms with Crippen LogP contribution in [0, 0.1) is 0 Å². The average molecular weight is 780 g/mol. The van der Waals surface area contributed by atoms with Crippen molar-refractivity contribution in [2.45, 2.75) is 0 Å². The van der Waals surface area contributed by atoms with Gasteiger partial charge in [0.1, 0.15) is 0 Å². The quantitative estimate of drug-likeness (QED) is 0.162. The summed E-state index contributed by atoms with van der Waals surface area (Å²) < 4.78 is 2.62. The maximum absolute atomic E-state index is 2.42. The first-order valence-corrected chi connectivity index (χ1v) is 21.4. The second-order valence-electron chi connectivity index (χ2n) is 15.7. The van der Waals surface area contributed by atoms with Gasteiger partial charge in [0.2, 0.25) is 0 Å². The molecule has 0 saturated carbocycles. The number of nitrogens with zero attached hydrogens (tertiary/aromatic N) is 1. The number of benzene rings is 11. The van der Waals surface area contributed by atoms with E-state index in [1.807, 2.05) is 11.3 Å². The first-order chi connectivity index (χ1) is 29.7. The zero-order chi connectivity index (χ0) is 39.6. The topological polar surface area (TPSA) is 3.24 Å². The second kappa shape index (κ2) is 14.1. The molecule has 0 aliphatic carbocycles. The van der Waals surface area contributed by atoms with E-state index in [9.17, 15) is 0 Å². The zero-order valence-corrected chi connectivity index (χ0v) is 33.5. The zero-order valence-electron chi connectivity index (χ0n) is 32.7. The minimum Gasteiger partial charge on any atom is -0.310 e. The molecule has 0 amide bonds.